The van der Waals surface area contributed by atoms with Gasteiger partial charge in [0.05, 0.1) is 10.8 Å². The number of nitrogen functional groups attached to an aromatic ring is 1. The van der Waals surface area contributed by atoms with Gasteiger partial charge in [0.1, 0.15) is 0 Å². The first-order valence-corrected chi connectivity index (χ1v) is 10.2. The summed E-state index contributed by atoms with van der Waals surface area (Å²) in [6.45, 7) is 4.20. The lowest BCUT2D eigenvalue weighted by molar-refractivity contribution is -0.134. The van der Waals surface area contributed by atoms with Gasteiger partial charge in [-0.1, -0.05) is 35.0 Å². The number of benzene rings is 1. The second kappa shape index (κ2) is 8.06. The number of carbonyl (C=O) groups excluding carboxylic acids is 1. The molecule has 2 aromatic rings. The molecule has 1 amide bonds. The lowest BCUT2D eigenvalue weighted by Crippen LogP contribution is -2.48. The Bertz CT molecular complexity index is 802. The van der Waals surface area contributed by atoms with Crippen LogP contribution in [0.1, 0.15) is 33.1 Å². The molecule has 26 heavy (non-hydrogen) atoms. The first kappa shape index (κ1) is 19.3. The van der Waals surface area contributed by atoms with Crippen molar-refractivity contribution in [2.75, 3.05) is 11.6 Å². The third kappa shape index (κ3) is 3.94. The molecule has 3 rings (SSSR count). The van der Waals surface area contributed by atoms with Crippen LogP contribution in [0.5, 0.6) is 0 Å². The smallest absolute Gasteiger partial charge is 0.233 e. The van der Waals surface area contributed by atoms with Crippen LogP contribution in [0.25, 0.3) is 11.4 Å². The van der Waals surface area contributed by atoms with Crippen molar-refractivity contribution in [2.24, 2.45) is 0 Å². The maximum Gasteiger partial charge on any atom is 0.233 e. The van der Waals surface area contributed by atoms with Crippen molar-refractivity contribution in [1.82, 2.24) is 19.8 Å². The Hall–Kier alpha value is -1.44. The van der Waals surface area contributed by atoms with E-state index >= 15 is 0 Å². The predicted octanol–water partition coefficient (Wildman–Crippen LogP) is 3.85. The quantitative estimate of drug-likeness (QED) is 0.608. The predicted molar refractivity (Wildman–Crippen MR) is 106 cm³/mol. The van der Waals surface area contributed by atoms with Crippen LogP contribution in [0, 0.1) is 0 Å². The number of piperidine rings is 1. The van der Waals surface area contributed by atoms with E-state index < -0.39 is 0 Å². The molecule has 6 nitrogen and oxygen atoms in total. The highest BCUT2D eigenvalue weighted by atomic mass is 35.5. The monoisotopic (exact) mass is 413 g/mol. The molecule has 0 spiro atoms. The number of halogens is 2. The van der Waals surface area contributed by atoms with Gasteiger partial charge in [0.25, 0.3) is 0 Å². The summed E-state index contributed by atoms with van der Waals surface area (Å²) in [5.74, 6) is 6.90. The Morgan fingerprint density at radius 2 is 1.96 bits per heavy atom. The van der Waals surface area contributed by atoms with Gasteiger partial charge in [-0.2, -0.15) is 0 Å². The number of hydrogen-bond donors (Lipinski definition) is 1. The number of likely N-dealkylation sites (tertiary alicyclic amines) is 1. The van der Waals surface area contributed by atoms with E-state index in [1.54, 1.807) is 18.2 Å². The number of carbonyl (C=O) groups is 1. The van der Waals surface area contributed by atoms with E-state index in [0.717, 1.165) is 12.8 Å². The van der Waals surface area contributed by atoms with Crippen LogP contribution < -0.4 is 5.84 Å². The topological polar surface area (TPSA) is 77.0 Å². The molecule has 0 aliphatic carbocycles. The van der Waals surface area contributed by atoms with Crippen LogP contribution in [0.3, 0.4) is 0 Å². The molecule has 0 radical (unpaired) electrons. The van der Waals surface area contributed by atoms with Gasteiger partial charge in [-0.15, -0.1) is 10.2 Å². The molecule has 0 bridgehead atoms. The van der Waals surface area contributed by atoms with Crippen molar-refractivity contribution >= 4 is 40.9 Å². The van der Waals surface area contributed by atoms with Crippen molar-refractivity contribution in [1.29, 1.82) is 0 Å². The van der Waals surface area contributed by atoms with E-state index in [9.17, 15) is 4.79 Å². The summed E-state index contributed by atoms with van der Waals surface area (Å²) < 4.78 is 1.35. The molecule has 1 aliphatic heterocycles. The Kier molecular flexibility index (Phi) is 5.99. The molecule has 1 saturated heterocycles. The summed E-state index contributed by atoms with van der Waals surface area (Å²) in [5, 5.41) is 9.68. The second-order valence-electron chi connectivity index (χ2n) is 6.52. The van der Waals surface area contributed by atoms with Crippen LogP contribution in [-0.2, 0) is 4.79 Å². The van der Waals surface area contributed by atoms with E-state index in [2.05, 4.69) is 24.0 Å². The fraction of sp³-hybridized carbons (Fsp3) is 0.471. The van der Waals surface area contributed by atoms with E-state index in [1.165, 1.54) is 22.9 Å². The summed E-state index contributed by atoms with van der Waals surface area (Å²) in [5.41, 5.74) is 0.602. The summed E-state index contributed by atoms with van der Waals surface area (Å²) in [6, 6.07) is 5.60. The number of hydrogen-bond acceptors (Lipinski definition) is 5. The molecule has 140 valence electrons. The van der Waals surface area contributed by atoms with Gasteiger partial charge in [0.2, 0.25) is 11.1 Å². The number of thioether (sulfide) groups is 1. The minimum absolute atomic E-state index is 0.0973. The van der Waals surface area contributed by atoms with Crippen molar-refractivity contribution < 1.29 is 4.79 Å². The summed E-state index contributed by atoms with van der Waals surface area (Å²) >= 11 is 13.5. The van der Waals surface area contributed by atoms with Crippen LogP contribution in [0.4, 0.5) is 0 Å². The molecular formula is C17H21Cl2N5OS. The molecule has 1 aromatic carbocycles. The van der Waals surface area contributed by atoms with E-state index in [0.29, 0.717) is 26.6 Å². The summed E-state index contributed by atoms with van der Waals surface area (Å²) in [6.07, 6.45) is 3.26. The average Bonchev–Trinajstić information content (AvgIpc) is 2.95. The molecule has 0 saturated carbocycles. The number of aromatic nitrogens is 3. The first-order valence-electron chi connectivity index (χ1n) is 8.48. The van der Waals surface area contributed by atoms with Gasteiger partial charge in [-0.05, 0) is 51.3 Å². The second-order valence-corrected chi connectivity index (χ2v) is 8.31. The zero-order valence-electron chi connectivity index (χ0n) is 14.7. The molecule has 1 aliphatic rings. The minimum atomic E-state index is 0.0973. The number of nitrogens with two attached hydrogens (primary N) is 1. The van der Waals surface area contributed by atoms with Crippen molar-refractivity contribution in [3.05, 3.63) is 28.2 Å². The maximum atomic E-state index is 12.6. The molecular weight excluding hydrogens is 393 g/mol. The van der Waals surface area contributed by atoms with Gasteiger partial charge >= 0.3 is 0 Å². The Morgan fingerprint density at radius 1 is 1.27 bits per heavy atom. The number of amides is 1. The largest absolute Gasteiger partial charge is 0.337 e. The normalized spacial score (nSPS) is 20.4. The number of nitrogens with zero attached hydrogens (tertiary/aromatic N) is 4. The molecule has 0 unspecified atom stereocenters. The van der Waals surface area contributed by atoms with Crippen LogP contribution in [0.15, 0.2) is 23.4 Å². The molecule has 1 fully saturated rings. The maximum absolute atomic E-state index is 12.6. The highest BCUT2D eigenvalue weighted by Crippen LogP contribution is 2.31. The van der Waals surface area contributed by atoms with Crippen LogP contribution in [-0.4, -0.2) is 43.5 Å². The van der Waals surface area contributed by atoms with E-state index in [1.807, 2.05) is 4.90 Å². The zero-order chi connectivity index (χ0) is 18.8. The highest BCUT2D eigenvalue weighted by Gasteiger charge is 2.29. The third-order valence-corrected chi connectivity index (χ3v) is 6.13. The standard InChI is InChI=1S/C17H21Cl2N5OS/c1-10-4-3-5-11(2)23(10)15(25)9-26-17-22-21-16(24(17)20)13-8-12(18)6-7-14(13)19/h6-8,10-11H,3-5,9,20H2,1-2H3/t10-,11-/m0/s1. The van der Waals surface area contributed by atoms with Gasteiger partial charge in [0, 0.05) is 22.7 Å². The van der Waals surface area contributed by atoms with Gasteiger partial charge in [0.15, 0.2) is 5.82 Å². The summed E-state index contributed by atoms with van der Waals surface area (Å²) in [7, 11) is 0. The Labute approximate surface area is 167 Å². The lowest BCUT2D eigenvalue weighted by Gasteiger charge is -2.39. The highest BCUT2D eigenvalue weighted by molar-refractivity contribution is 7.99. The van der Waals surface area contributed by atoms with Crippen molar-refractivity contribution in [3.63, 3.8) is 0 Å². The van der Waals surface area contributed by atoms with E-state index in [-0.39, 0.29) is 23.7 Å². The summed E-state index contributed by atoms with van der Waals surface area (Å²) in [4.78, 5) is 14.6. The average molecular weight is 414 g/mol. The first-order chi connectivity index (χ1) is 12.4. The minimum Gasteiger partial charge on any atom is -0.337 e. The van der Waals surface area contributed by atoms with Crippen LogP contribution in [0.2, 0.25) is 10.0 Å². The van der Waals surface area contributed by atoms with Crippen LogP contribution >= 0.6 is 35.0 Å². The SMILES string of the molecule is C[C@H]1CCC[C@H](C)N1C(=O)CSc1nnc(-c2cc(Cl)ccc2Cl)n1N. The van der Waals surface area contributed by atoms with Gasteiger partial charge in [-0.25, -0.2) is 4.68 Å². The lowest BCUT2D eigenvalue weighted by atomic mass is 9.98. The third-order valence-electron chi connectivity index (χ3n) is 4.64. The molecule has 1 aromatic heterocycles. The molecule has 2 heterocycles. The number of rotatable bonds is 4. The fourth-order valence-corrected chi connectivity index (χ4v) is 4.44. The van der Waals surface area contributed by atoms with Gasteiger partial charge in [-0.3, -0.25) is 4.79 Å². The molecule has 2 N–H and O–H groups in total. The van der Waals surface area contributed by atoms with Gasteiger partial charge < -0.3 is 10.7 Å². The molecule has 9 heteroatoms. The Balaban J connectivity index is 1.73. The van der Waals surface area contributed by atoms with Crippen molar-refractivity contribution in [2.45, 2.75) is 50.4 Å². The zero-order valence-corrected chi connectivity index (χ0v) is 17.0. The van der Waals surface area contributed by atoms with Crippen molar-refractivity contribution in [3.8, 4) is 11.4 Å². The fourth-order valence-electron chi connectivity index (χ4n) is 3.34. The molecule has 2 atom stereocenters. The van der Waals surface area contributed by atoms with E-state index in [4.69, 9.17) is 29.0 Å². The Morgan fingerprint density at radius 3 is 2.65 bits per heavy atom.